The van der Waals surface area contributed by atoms with E-state index < -0.39 is 0 Å². The molecule has 0 saturated heterocycles. The minimum atomic E-state index is 0.831. The number of aryl methyl sites for hydroxylation is 1. The predicted octanol–water partition coefficient (Wildman–Crippen LogP) is 2.03. The Hall–Kier alpha value is -2.69. The minimum absolute atomic E-state index is 0.831. The second-order valence-electron chi connectivity index (χ2n) is 5.13. The number of fused-ring (bicyclic) bond motifs is 7. The van der Waals surface area contributed by atoms with E-state index in [1.54, 1.807) is 6.20 Å². The van der Waals surface area contributed by atoms with Crippen LogP contribution in [0.25, 0.3) is 33.6 Å². The molecule has 0 unspecified atom stereocenters. The van der Waals surface area contributed by atoms with Crippen LogP contribution in [-0.4, -0.2) is 14.5 Å². The van der Waals surface area contributed by atoms with Crippen LogP contribution in [-0.2, 0) is 13.6 Å². The summed E-state index contributed by atoms with van der Waals surface area (Å²) < 4.78 is 10.5. The van der Waals surface area contributed by atoms with E-state index in [-0.39, 0.29) is 0 Å². The van der Waals surface area contributed by atoms with Crippen LogP contribution in [0.4, 0.5) is 0 Å². The van der Waals surface area contributed by atoms with Gasteiger partial charge in [-0.25, -0.2) is 4.57 Å². The molecule has 0 radical (unpaired) electrons. The molecule has 4 aromatic rings. The molecule has 5 rings (SSSR count). The molecule has 20 heavy (non-hydrogen) atoms. The first-order valence-electron chi connectivity index (χ1n) is 6.52. The zero-order valence-electron chi connectivity index (χ0n) is 10.9. The van der Waals surface area contributed by atoms with Crippen molar-refractivity contribution >= 4 is 22.1 Å². The second kappa shape index (κ2) is 3.25. The third-order valence-electron chi connectivity index (χ3n) is 4.10. The SMILES string of the molecule is Cn1c2cnccc2c2oc3[n+](c21)Cc1ccncc1-3. The van der Waals surface area contributed by atoms with Crippen molar-refractivity contribution < 1.29 is 8.98 Å². The fourth-order valence-corrected chi connectivity index (χ4v) is 3.16. The summed E-state index contributed by atoms with van der Waals surface area (Å²) in [5.41, 5.74) is 5.45. The third-order valence-corrected chi connectivity index (χ3v) is 4.10. The predicted molar refractivity (Wildman–Crippen MR) is 73.0 cm³/mol. The fraction of sp³-hybridized carbons (Fsp3) is 0.133. The molecule has 0 fully saturated rings. The maximum Gasteiger partial charge on any atom is 0.329 e. The van der Waals surface area contributed by atoms with Gasteiger partial charge in [-0.05, 0) is 12.1 Å². The van der Waals surface area contributed by atoms with Crippen LogP contribution in [0.3, 0.4) is 0 Å². The molecule has 5 nitrogen and oxygen atoms in total. The average Bonchev–Trinajstić information content (AvgIpc) is 3.09. The molecule has 0 aromatic carbocycles. The number of pyridine rings is 2. The van der Waals surface area contributed by atoms with Crippen molar-refractivity contribution in [3.05, 3.63) is 42.5 Å². The van der Waals surface area contributed by atoms with E-state index in [0.717, 1.165) is 40.1 Å². The number of aromatic nitrogens is 4. The Bertz CT molecular complexity index is 996. The van der Waals surface area contributed by atoms with Crippen LogP contribution in [0, 0.1) is 0 Å². The monoisotopic (exact) mass is 263 g/mol. The van der Waals surface area contributed by atoms with Crippen molar-refractivity contribution in [2.75, 3.05) is 0 Å². The van der Waals surface area contributed by atoms with E-state index in [1.807, 2.05) is 30.7 Å². The van der Waals surface area contributed by atoms with Crippen molar-refractivity contribution in [1.29, 1.82) is 0 Å². The zero-order chi connectivity index (χ0) is 13.3. The minimum Gasteiger partial charge on any atom is -0.413 e. The Morgan fingerprint density at radius 3 is 3.00 bits per heavy atom. The molecule has 0 aliphatic carbocycles. The van der Waals surface area contributed by atoms with Gasteiger partial charge in [-0.2, -0.15) is 4.57 Å². The van der Waals surface area contributed by atoms with E-state index in [1.165, 1.54) is 5.56 Å². The molecule has 5 heterocycles. The molecule has 1 aliphatic rings. The average molecular weight is 263 g/mol. The molecule has 5 heteroatoms. The van der Waals surface area contributed by atoms with E-state index in [2.05, 4.69) is 26.1 Å². The maximum atomic E-state index is 6.15. The molecule has 1 aliphatic heterocycles. The lowest BCUT2D eigenvalue weighted by Crippen LogP contribution is -2.32. The van der Waals surface area contributed by atoms with Crippen LogP contribution in [0.15, 0.2) is 41.3 Å². The van der Waals surface area contributed by atoms with Gasteiger partial charge in [0.15, 0.2) is 5.52 Å². The lowest BCUT2D eigenvalue weighted by molar-refractivity contribution is -0.652. The van der Waals surface area contributed by atoms with E-state index in [4.69, 9.17) is 4.42 Å². The highest BCUT2D eigenvalue weighted by atomic mass is 16.4. The molecule has 96 valence electrons. The molecular formula is C15H11N4O+. The van der Waals surface area contributed by atoms with Crippen molar-refractivity contribution in [1.82, 2.24) is 14.5 Å². The van der Waals surface area contributed by atoms with Gasteiger partial charge in [0.2, 0.25) is 5.58 Å². The summed E-state index contributed by atoms with van der Waals surface area (Å²) in [4.78, 5) is 8.40. The van der Waals surface area contributed by atoms with Crippen LogP contribution in [0.1, 0.15) is 5.56 Å². The third kappa shape index (κ3) is 1.02. The Labute approximate surface area is 114 Å². The quantitative estimate of drug-likeness (QED) is 0.402. The molecule has 4 aromatic heterocycles. The van der Waals surface area contributed by atoms with Gasteiger partial charge in [-0.3, -0.25) is 9.97 Å². The van der Waals surface area contributed by atoms with E-state index >= 15 is 0 Å². The van der Waals surface area contributed by atoms with Crippen molar-refractivity contribution in [2.45, 2.75) is 6.54 Å². The largest absolute Gasteiger partial charge is 0.413 e. The maximum absolute atomic E-state index is 6.15. The molecule has 0 bridgehead atoms. The van der Waals surface area contributed by atoms with Crippen molar-refractivity contribution in [3.8, 4) is 11.5 Å². The zero-order valence-corrected chi connectivity index (χ0v) is 10.9. The van der Waals surface area contributed by atoms with Crippen LogP contribution in [0.2, 0.25) is 0 Å². The summed E-state index contributed by atoms with van der Waals surface area (Å²) in [5, 5.41) is 1.10. The van der Waals surface area contributed by atoms with Gasteiger partial charge in [-0.15, -0.1) is 0 Å². The van der Waals surface area contributed by atoms with Crippen LogP contribution < -0.4 is 4.57 Å². The van der Waals surface area contributed by atoms with Gasteiger partial charge in [0.05, 0.1) is 24.2 Å². The summed E-state index contributed by atoms with van der Waals surface area (Å²) in [6.07, 6.45) is 7.38. The number of hydrogen-bond acceptors (Lipinski definition) is 3. The lowest BCUT2D eigenvalue weighted by atomic mass is 10.2. The summed E-state index contributed by atoms with van der Waals surface area (Å²) in [5.74, 6) is 0.896. The summed E-state index contributed by atoms with van der Waals surface area (Å²) in [7, 11) is 2.05. The smallest absolute Gasteiger partial charge is 0.329 e. The van der Waals surface area contributed by atoms with Gasteiger partial charge in [0.1, 0.15) is 6.54 Å². The second-order valence-corrected chi connectivity index (χ2v) is 5.13. The van der Waals surface area contributed by atoms with E-state index in [9.17, 15) is 0 Å². The lowest BCUT2D eigenvalue weighted by Gasteiger charge is -1.91. The summed E-state index contributed by atoms with van der Waals surface area (Å²) >= 11 is 0. The molecule has 0 N–H and O–H groups in total. The van der Waals surface area contributed by atoms with Gasteiger partial charge in [-0.1, -0.05) is 0 Å². The first-order chi connectivity index (χ1) is 9.84. The van der Waals surface area contributed by atoms with Crippen molar-refractivity contribution in [2.24, 2.45) is 7.05 Å². The normalized spacial score (nSPS) is 13.1. The van der Waals surface area contributed by atoms with Gasteiger partial charge in [0, 0.05) is 24.2 Å². The van der Waals surface area contributed by atoms with Gasteiger partial charge in [0.25, 0.3) is 5.89 Å². The highest BCUT2D eigenvalue weighted by Crippen LogP contribution is 2.34. The summed E-state index contributed by atoms with van der Waals surface area (Å²) in [6, 6.07) is 4.05. The molecular weight excluding hydrogens is 252 g/mol. The highest BCUT2D eigenvalue weighted by Gasteiger charge is 2.34. The molecule has 0 atom stereocenters. The fourth-order valence-electron chi connectivity index (χ4n) is 3.16. The molecule has 0 amide bonds. The Morgan fingerprint density at radius 1 is 1.20 bits per heavy atom. The standard InChI is InChI=1S/C15H11N4O/c1-18-12-7-17-5-3-10(12)13-14(18)19-8-9-2-4-16-6-11(9)15(19)20-13/h2-7H,8H2,1H3/q+1. The topological polar surface area (TPSA) is 47.7 Å². The number of oxazole rings is 1. The van der Waals surface area contributed by atoms with Crippen LogP contribution >= 0.6 is 0 Å². The highest BCUT2D eigenvalue weighted by molar-refractivity contribution is 6.02. The molecule has 0 saturated carbocycles. The number of rotatable bonds is 0. The van der Waals surface area contributed by atoms with E-state index in [0.29, 0.717) is 0 Å². The van der Waals surface area contributed by atoms with Crippen LogP contribution in [0.5, 0.6) is 0 Å². The first kappa shape index (κ1) is 10.1. The summed E-state index contributed by atoms with van der Waals surface area (Å²) in [6.45, 7) is 0.831. The number of hydrogen-bond donors (Lipinski definition) is 0. The molecule has 0 spiro atoms. The Morgan fingerprint density at radius 2 is 2.05 bits per heavy atom. The van der Waals surface area contributed by atoms with Gasteiger partial charge >= 0.3 is 5.65 Å². The first-order valence-corrected chi connectivity index (χ1v) is 6.52. The van der Waals surface area contributed by atoms with Crippen molar-refractivity contribution in [3.63, 3.8) is 0 Å². The Balaban J connectivity index is 1.97. The Kier molecular flexibility index (Phi) is 1.65. The van der Waals surface area contributed by atoms with Gasteiger partial charge < -0.3 is 4.42 Å². The number of nitrogens with zero attached hydrogens (tertiary/aromatic N) is 4.